The van der Waals surface area contributed by atoms with Gasteiger partial charge < -0.3 is 19.7 Å². The molecule has 0 bridgehead atoms. The maximum atomic E-state index is 13.0. The topological polar surface area (TPSA) is 71.1 Å². The highest BCUT2D eigenvalue weighted by molar-refractivity contribution is 5.94. The summed E-state index contributed by atoms with van der Waals surface area (Å²) in [5.41, 5.74) is 0.0913. The molecule has 2 amide bonds. The highest BCUT2D eigenvalue weighted by atomic mass is 16.6. The van der Waals surface area contributed by atoms with Gasteiger partial charge in [0.05, 0.1) is 13.2 Å². The summed E-state index contributed by atoms with van der Waals surface area (Å²) >= 11 is 0. The predicted molar refractivity (Wildman–Crippen MR) is 108 cm³/mol. The van der Waals surface area contributed by atoms with Crippen molar-refractivity contribution in [3.8, 4) is 0 Å². The van der Waals surface area contributed by atoms with Gasteiger partial charge in [-0.05, 0) is 39.8 Å². The van der Waals surface area contributed by atoms with Crippen molar-refractivity contribution in [2.45, 2.75) is 39.3 Å². The van der Waals surface area contributed by atoms with E-state index in [-0.39, 0.29) is 11.9 Å². The van der Waals surface area contributed by atoms with E-state index in [1.165, 1.54) is 0 Å². The quantitative estimate of drug-likeness (QED) is 0.773. The highest BCUT2D eigenvalue weighted by Crippen LogP contribution is 2.09. The molecule has 1 aliphatic rings. The maximum absolute atomic E-state index is 13.0. The molecule has 0 aromatic heterocycles. The summed E-state index contributed by atoms with van der Waals surface area (Å²) < 4.78 is 10.7. The number of amides is 2. The standard InChI is InChI=1S/C21H33N3O4/c1-17(22-20(26)28-21(2,3)4)16-24(11-10-23-12-14-27-15-13-23)19(25)18-8-6-5-7-9-18/h5-9,17H,10-16H2,1-4H3,(H,22,26)/t17-/m1/s1. The van der Waals surface area contributed by atoms with Crippen LogP contribution in [-0.4, -0.2) is 79.4 Å². The lowest BCUT2D eigenvalue weighted by Gasteiger charge is -2.31. The van der Waals surface area contributed by atoms with Crippen LogP contribution in [0.15, 0.2) is 30.3 Å². The SMILES string of the molecule is C[C@H](CN(CCN1CCOCC1)C(=O)c1ccccc1)NC(=O)OC(C)(C)C. The summed E-state index contributed by atoms with van der Waals surface area (Å²) in [7, 11) is 0. The summed E-state index contributed by atoms with van der Waals surface area (Å²) in [4.78, 5) is 29.1. The van der Waals surface area contributed by atoms with Crippen LogP contribution in [0, 0.1) is 0 Å². The zero-order chi connectivity index (χ0) is 20.6. The molecule has 0 spiro atoms. The lowest BCUT2D eigenvalue weighted by atomic mass is 10.2. The first-order valence-electron chi connectivity index (χ1n) is 9.88. The van der Waals surface area contributed by atoms with E-state index in [1.807, 2.05) is 58.0 Å². The van der Waals surface area contributed by atoms with Crippen molar-refractivity contribution >= 4 is 12.0 Å². The number of alkyl carbamates (subject to hydrolysis) is 1. The van der Waals surface area contributed by atoms with E-state index in [2.05, 4.69) is 10.2 Å². The lowest BCUT2D eigenvalue weighted by Crippen LogP contribution is -2.48. The third kappa shape index (κ3) is 7.86. The van der Waals surface area contributed by atoms with Crippen LogP contribution in [0.25, 0.3) is 0 Å². The van der Waals surface area contributed by atoms with Gasteiger partial charge in [-0.3, -0.25) is 9.69 Å². The van der Waals surface area contributed by atoms with E-state index in [1.54, 1.807) is 4.90 Å². The Morgan fingerprint density at radius 1 is 1.21 bits per heavy atom. The average Bonchev–Trinajstić information content (AvgIpc) is 2.64. The van der Waals surface area contributed by atoms with Gasteiger partial charge in [0.15, 0.2) is 0 Å². The molecule has 1 aromatic rings. The van der Waals surface area contributed by atoms with E-state index in [0.717, 1.165) is 32.8 Å². The van der Waals surface area contributed by atoms with Gasteiger partial charge in [-0.15, -0.1) is 0 Å². The molecule has 28 heavy (non-hydrogen) atoms. The van der Waals surface area contributed by atoms with Crippen molar-refractivity contribution in [1.82, 2.24) is 15.1 Å². The number of benzene rings is 1. The van der Waals surface area contributed by atoms with Gasteiger partial charge in [0.1, 0.15) is 5.60 Å². The number of nitrogens with one attached hydrogen (secondary N) is 1. The van der Waals surface area contributed by atoms with Gasteiger partial charge in [-0.1, -0.05) is 18.2 Å². The fourth-order valence-electron chi connectivity index (χ4n) is 3.01. The lowest BCUT2D eigenvalue weighted by molar-refractivity contribution is 0.0312. The Morgan fingerprint density at radius 2 is 1.86 bits per heavy atom. The second-order valence-electron chi connectivity index (χ2n) is 8.12. The normalized spacial score (nSPS) is 16.3. The summed E-state index contributed by atoms with van der Waals surface area (Å²) in [6.45, 7) is 12.3. The van der Waals surface area contributed by atoms with Crippen molar-refractivity contribution in [2.75, 3.05) is 45.9 Å². The predicted octanol–water partition coefficient (Wildman–Crippen LogP) is 2.37. The molecular formula is C21H33N3O4. The van der Waals surface area contributed by atoms with Crippen molar-refractivity contribution in [3.05, 3.63) is 35.9 Å². The van der Waals surface area contributed by atoms with E-state index < -0.39 is 11.7 Å². The Labute approximate surface area is 168 Å². The van der Waals surface area contributed by atoms with Crippen LogP contribution < -0.4 is 5.32 Å². The highest BCUT2D eigenvalue weighted by Gasteiger charge is 2.22. The molecule has 1 fully saturated rings. The van der Waals surface area contributed by atoms with Gasteiger partial charge >= 0.3 is 6.09 Å². The molecule has 0 unspecified atom stereocenters. The molecule has 1 aliphatic heterocycles. The largest absolute Gasteiger partial charge is 0.444 e. The minimum Gasteiger partial charge on any atom is -0.444 e. The van der Waals surface area contributed by atoms with Crippen molar-refractivity contribution < 1.29 is 19.1 Å². The van der Waals surface area contributed by atoms with Gasteiger partial charge in [-0.25, -0.2) is 4.79 Å². The third-order valence-corrected chi connectivity index (χ3v) is 4.36. The molecular weight excluding hydrogens is 358 g/mol. The van der Waals surface area contributed by atoms with Crippen LogP contribution in [-0.2, 0) is 9.47 Å². The third-order valence-electron chi connectivity index (χ3n) is 4.36. The molecule has 7 heteroatoms. The Kier molecular flexibility index (Phi) is 8.26. The molecule has 1 saturated heterocycles. The fraction of sp³-hybridized carbons (Fsp3) is 0.619. The van der Waals surface area contributed by atoms with E-state index >= 15 is 0 Å². The van der Waals surface area contributed by atoms with E-state index in [9.17, 15) is 9.59 Å². The Morgan fingerprint density at radius 3 is 2.46 bits per heavy atom. The summed E-state index contributed by atoms with van der Waals surface area (Å²) in [6, 6.07) is 9.01. The first-order valence-corrected chi connectivity index (χ1v) is 9.88. The number of hydrogen-bond donors (Lipinski definition) is 1. The number of rotatable bonds is 7. The number of carbonyl (C=O) groups is 2. The second kappa shape index (κ2) is 10.4. The maximum Gasteiger partial charge on any atom is 0.407 e. The zero-order valence-electron chi connectivity index (χ0n) is 17.4. The molecule has 0 radical (unpaired) electrons. The smallest absolute Gasteiger partial charge is 0.407 e. The molecule has 1 N–H and O–H groups in total. The van der Waals surface area contributed by atoms with Crippen LogP contribution in [0.3, 0.4) is 0 Å². The minimum absolute atomic E-state index is 0.0355. The fourth-order valence-corrected chi connectivity index (χ4v) is 3.01. The number of ether oxygens (including phenoxy) is 2. The molecule has 0 saturated carbocycles. The number of morpholine rings is 1. The minimum atomic E-state index is -0.556. The summed E-state index contributed by atoms with van der Waals surface area (Å²) in [6.07, 6.45) is -0.472. The summed E-state index contributed by atoms with van der Waals surface area (Å²) in [5.74, 6) is -0.0355. The van der Waals surface area contributed by atoms with Crippen LogP contribution >= 0.6 is 0 Å². The molecule has 0 aliphatic carbocycles. The molecule has 2 rings (SSSR count). The number of carbonyl (C=O) groups excluding carboxylic acids is 2. The molecule has 1 heterocycles. The van der Waals surface area contributed by atoms with E-state index in [0.29, 0.717) is 18.7 Å². The summed E-state index contributed by atoms with van der Waals surface area (Å²) in [5, 5.41) is 2.82. The molecule has 156 valence electrons. The van der Waals surface area contributed by atoms with Gasteiger partial charge in [0.25, 0.3) is 5.91 Å². The van der Waals surface area contributed by atoms with Gasteiger partial charge in [-0.2, -0.15) is 0 Å². The zero-order valence-corrected chi connectivity index (χ0v) is 17.4. The molecule has 7 nitrogen and oxygen atoms in total. The van der Waals surface area contributed by atoms with E-state index in [4.69, 9.17) is 9.47 Å². The first-order chi connectivity index (χ1) is 13.2. The monoisotopic (exact) mass is 391 g/mol. The first kappa shape index (κ1) is 22.2. The Hall–Kier alpha value is -2.12. The molecule has 1 atom stereocenters. The number of nitrogens with zero attached hydrogens (tertiary/aromatic N) is 2. The van der Waals surface area contributed by atoms with Gasteiger partial charge in [0.2, 0.25) is 0 Å². The second-order valence-corrected chi connectivity index (χ2v) is 8.12. The van der Waals surface area contributed by atoms with Gasteiger partial charge in [0, 0.05) is 44.3 Å². The van der Waals surface area contributed by atoms with Crippen molar-refractivity contribution in [3.63, 3.8) is 0 Å². The van der Waals surface area contributed by atoms with Crippen LogP contribution in [0.4, 0.5) is 4.79 Å². The average molecular weight is 392 g/mol. The van der Waals surface area contributed by atoms with Crippen molar-refractivity contribution in [2.24, 2.45) is 0 Å². The van der Waals surface area contributed by atoms with Crippen LogP contribution in [0.1, 0.15) is 38.1 Å². The van der Waals surface area contributed by atoms with Crippen molar-refractivity contribution in [1.29, 1.82) is 0 Å². The Balaban J connectivity index is 1.98. The molecule has 1 aromatic carbocycles. The number of hydrogen-bond acceptors (Lipinski definition) is 5. The Bertz CT molecular complexity index is 624. The van der Waals surface area contributed by atoms with Crippen LogP contribution in [0.2, 0.25) is 0 Å². The van der Waals surface area contributed by atoms with Crippen LogP contribution in [0.5, 0.6) is 0 Å².